The average Bonchev–Trinajstić information content (AvgIpc) is 3.40. The molecule has 2 aromatic rings. The fourth-order valence-electron chi connectivity index (χ4n) is 4.37. The first-order valence-corrected chi connectivity index (χ1v) is 10.3. The first kappa shape index (κ1) is 17.5. The van der Waals surface area contributed by atoms with Crippen molar-refractivity contribution in [1.29, 1.82) is 0 Å². The van der Waals surface area contributed by atoms with Gasteiger partial charge in [-0.2, -0.15) is 0 Å². The molecule has 0 bridgehead atoms. The molecule has 1 aliphatic carbocycles. The van der Waals surface area contributed by atoms with Gasteiger partial charge < -0.3 is 14.8 Å². The zero-order valence-corrected chi connectivity index (χ0v) is 16.3. The number of rotatable bonds is 6. The highest BCUT2D eigenvalue weighted by molar-refractivity contribution is 7.80. The maximum atomic E-state index is 5.70. The third kappa shape index (κ3) is 3.37. The van der Waals surface area contributed by atoms with Gasteiger partial charge in [0.2, 0.25) is 0 Å². The van der Waals surface area contributed by atoms with Gasteiger partial charge in [0.25, 0.3) is 0 Å². The van der Waals surface area contributed by atoms with Gasteiger partial charge in [0.15, 0.2) is 5.11 Å². The van der Waals surface area contributed by atoms with Crippen molar-refractivity contribution >= 4 is 17.3 Å². The molecule has 1 aliphatic heterocycles. The van der Waals surface area contributed by atoms with Crippen LogP contribution in [0.1, 0.15) is 74.8 Å². The van der Waals surface area contributed by atoms with E-state index in [0.717, 1.165) is 23.8 Å². The molecule has 1 N–H and O–H groups in total. The Morgan fingerprint density at radius 2 is 2.08 bits per heavy atom. The number of nitrogens with zero attached hydrogens (tertiary/aromatic N) is 3. The van der Waals surface area contributed by atoms with Crippen molar-refractivity contribution in [1.82, 2.24) is 19.8 Å². The summed E-state index contributed by atoms with van der Waals surface area (Å²) < 4.78 is 2.43. The Kier molecular flexibility index (Phi) is 5.25. The largest absolute Gasteiger partial charge is 0.352 e. The van der Waals surface area contributed by atoms with E-state index in [1.54, 1.807) is 0 Å². The van der Waals surface area contributed by atoms with E-state index < -0.39 is 0 Å². The van der Waals surface area contributed by atoms with Gasteiger partial charge in [-0.15, -0.1) is 0 Å². The summed E-state index contributed by atoms with van der Waals surface area (Å²) >= 11 is 5.70. The topological polar surface area (TPSA) is 33.1 Å². The Balaban J connectivity index is 1.66. The molecular formula is C21H28N4S. The van der Waals surface area contributed by atoms with E-state index in [1.165, 1.54) is 37.7 Å². The van der Waals surface area contributed by atoms with Crippen LogP contribution in [-0.4, -0.2) is 26.1 Å². The number of thiocarbonyl (C=S) groups is 1. The SMILES string of the molecule is CCCCN1C(=S)NC(c2ccccn2)C1c1ccn(C2CCCC2)c1. The molecule has 4 nitrogen and oxygen atoms in total. The van der Waals surface area contributed by atoms with Crippen molar-refractivity contribution in [3.05, 3.63) is 54.1 Å². The molecule has 1 saturated heterocycles. The van der Waals surface area contributed by atoms with Crippen LogP contribution in [0.15, 0.2) is 42.9 Å². The van der Waals surface area contributed by atoms with Crippen LogP contribution >= 0.6 is 12.2 Å². The third-order valence-corrected chi connectivity index (χ3v) is 6.13. The lowest BCUT2D eigenvalue weighted by Gasteiger charge is -2.27. The smallest absolute Gasteiger partial charge is 0.170 e. The first-order valence-electron chi connectivity index (χ1n) is 9.93. The highest BCUT2D eigenvalue weighted by Crippen LogP contribution is 2.40. The molecule has 2 aromatic heterocycles. The van der Waals surface area contributed by atoms with Crippen LogP contribution in [0.4, 0.5) is 0 Å². The standard InChI is InChI=1S/C21H28N4S/c1-2-3-13-25-20(16-11-14-24(15-16)17-8-4-5-9-17)19(23-21(25)26)18-10-6-7-12-22-18/h6-7,10-12,14-15,17,19-20H,2-5,8-9,13H2,1H3,(H,23,26). The second-order valence-electron chi connectivity index (χ2n) is 7.50. The molecule has 1 saturated carbocycles. The molecule has 5 heteroatoms. The van der Waals surface area contributed by atoms with E-state index in [4.69, 9.17) is 12.2 Å². The Morgan fingerprint density at radius 1 is 1.23 bits per heavy atom. The van der Waals surface area contributed by atoms with E-state index in [2.05, 4.69) is 57.3 Å². The maximum Gasteiger partial charge on any atom is 0.170 e. The molecule has 0 amide bonds. The molecule has 2 unspecified atom stereocenters. The Hall–Kier alpha value is -1.88. The van der Waals surface area contributed by atoms with E-state index in [0.29, 0.717) is 6.04 Å². The number of pyridine rings is 1. The lowest BCUT2D eigenvalue weighted by molar-refractivity contribution is 0.312. The summed E-state index contributed by atoms with van der Waals surface area (Å²) in [6.07, 6.45) is 14.1. The van der Waals surface area contributed by atoms with Crippen molar-refractivity contribution in [2.24, 2.45) is 0 Å². The summed E-state index contributed by atoms with van der Waals surface area (Å²) in [5.41, 5.74) is 2.41. The summed E-state index contributed by atoms with van der Waals surface area (Å²) in [5, 5.41) is 4.40. The summed E-state index contributed by atoms with van der Waals surface area (Å²) in [4.78, 5) is 6.98. The fraction of sp³-hybridized carbons (Fsp3) is 0.524. The quantitative estimate of drug-likeness (QED) is 0.745. The van der Waals surface area contributed by atoms with E-state index in [1.807, 2.05) is 12.3 Å². The van der Waals surface area contributed by atoms with Gasteiger partial charge in [0.05, 0.1) is 17.8 Å². The fourth-order valence-corrected chi connectivity index (χ4v) is 4.70. The minimum Gasteiger partial charge on any atom is -0.352 e. The zero-order valence-electron chi connectivity index (χ0n) is 15.5. The zero-order chi connectivity index (χ0) is 17.9. The van der Waals surface area contributed by atoms with Crippen molar-refractivity contribution < 1.29 is 0 Å². The highest BCUT2D eigenvalue weighted by Gasteiger charge is 2.39. The molecule has 2 atom stereocenters. The van der Waals surface area contributed by atoms with Gasteiger partial charge in [-0.05, 0) is 55.2 Å². The van der Waals surface area contributed by atoms with E-state index in [9.17, 15) is 0 Å². The molecule has 0 spiro atoms. The number of nitrogens with one attached hydrogen (secondary N) is 1. The Morgan fingerprint density at radius 3 is 2.81 bits per heavy atom. The number of hydrogen-bond acceptors (Lipinski definition) is 2. The normalized spacial score (nSPS) is 23.6. The van der Waals surface area contributed by atoms with Crippen molar-refractivity contribution in [2.75, 3.05) is 6.54 Å². The third-order valence-electron chi connectivity index (χ3n) is 5.78. The van der Waals surface area contributed by atoms with Gasteiger partial charge in [0, 0.05) is 31.2 Å². The second kappa shape index (κ2) is 7.78. The van der Waals surface area contributed by atoms with E-state index in [-0.39, 0.29) is 12.1 Å². The summed E-state index contributed by atoms with van der Waals surface area (Å²) in [6, 6.07) is 9.41. The lowest BCUT2D eigenvalue weighted by Crippen LogP contribution is -2.30. The van der Waals surface area contributed by atoms with Crippen LogP contribution in [0, 0.1) is 0 Å². The van der Waals surface area contributed by atoms with Crippen molar-refractivity contribution in [3.63, 3.8) is 0 Å². The van der Waals surface area contributed by atoms with Crippen LogP contribution in [0.5, 0.6) is 0 Å². The minimum absolute atomic E-state index is 0.111. The van der Waals surface area contributed by atoms with Crippen LogP contribution in [-0.2, 0) is 0 Å². The molecule has 138 valence electrons. The molecule has 26 heavy (non-hydrogen) atoms. The van der Waals surface area contributed by atoms with E-state index >= 15 is 0 Å². The van der Waals surface area contributed by atoms with Gasteiger partial charge in [0.1, 0.15) is 0 Å². The monoisotopic (exact) mass is 368 g/mol. The van der Waals surface area contributed by atoms with Crippen LogP contribution < -0.4 is 5.32 Å². The van der Waals surface area contributed by atoms with Gasteiger partial charge in [-0.3, -0.25) is 4.98 Å². The van der Waals surface area contributed by atoms with Gasteiger partial charge in [-0.25, -0.2) is 0 Å². The lowest BCUT2D eigenvalue weighted by atomic mass is 9.99. The maximum absolute atomic E-state index is 5.70. The van der Waals surface area contributed by atoms with Gasteiger partial charge in [-0.1, -0.05) is 32.3 Å². The molecule has 4 rings (SSSR count). The molecule has 0 radical (unpaired) electrons. The highest BCUT2D eigenvalue weighted by atomic mass is 32.1. The summed E-state index contributed by atoms with van der Waals surface area (Å²) in [5.74, 6) is 0. The molecular weight excluding hydrogens is 340 g/mol. The molecule has 0 aromatic carbocycles. The Labute approximate surface area is 161 Å². The van der Waals surface area contributed by atoms with Crippen LogP contribution in [0.2, 0.25) is 0 Å². The van der Waals surface area contributed by atoms with Crippen molar-refractivity contribution in [3.8, 4) is 0 Å². The summed E-state index contributed by atoms with van der Waals surface area (Å²) in [6.45, 7) is 3.22. The number of unbranched alkanes of at least 4 members (excludes halogenated alkanes) is 1. The predicted octanol–water partition coefficient (Wildman–Crippen LogP) is 4.77. The van der Waals surface area contributed by atoms with Crippen LogP contribution in [0.25, 0.3) is 0 Å². The first-order chi connectivity index (χ1) is 12.8. The number of aromatic nitrogens is 2. The average molecular weight is 369 g/mol. The molecule has 2 aliphatic rings. The van der Waals surface area contributed by atoms with Crippen molar-refractivity contribution in [2.45, 2.75) is 63.6 Å². The molecule has 3 heterocycles. The minimum atomic E-state index is 0.111. The Bertz CT molecular complexity index is 735. The predicted molar refractivity (Wildman–Crippen MR) is 109 cm³/mol. The molecule has 2 fully saturated rings. The number of hydrogen-bond donors (Lipinski definition) is 1. The second-order valence-corrected chi connectivity index (χ2v) is 7.89. The summed E-state index contributed by atoms with van der Waals surface area (Å²) in [7, 11) is 0. The van der Waals surface area contributed by atoms with Gasteiger partial charge >= 0.3 is 0 Å². The van der Waals surface area contributed by atoms with Crippen LogP contribution in [0.3, 0.4) is 0 Å².